The molecule has 2 amide bonds. The molecule has 122 valence electrons. The second kappa shape index (κ2) is 6.78. The number of nitrogen functional groups attached to an aromatic ring is 1. The number of alkyl halides is 3. The van der Waals surface area contributed by atoms with Crippen molar-refractivity contribution in [2.45, 2.75) is 12.7 Å². The highest BCUT2D eigenvalue weighted by atomic mass is 35.5. The molecule has 0 aromatic heterocycles. The number of urea groups is 1. The van der Waals surface area contributed by atoms with Crippen molar-refractivity contribution in [3.8, 4) is 0 Å². The molecule has 2 aromatic rings. The molecule has 0 aliphatic carbocycles. The highest BCUT2D eigenvalue weighted by molar-refractivity contribution is 6.31. The number of anilines is 2. The second-order valence-corrected chi connectivity index (χ2v) is 5.15. The molecule has 0 saturated heterocycles. The number of hydrogen-bond donors (Lipinski definition) is 3. The minimum Gasteiger partial charge on any atom is -0.399 e. The number of carbonyl (C=O) groups is 1. The molecule has 0 unspecified atom stereocenters. The van der Waals surface area contributed by atoms with Gasteiger partial charge in [0.1, 0.15) is 0 Å². The topological polar surface area (TPSA) is 67.1 Å². The zero-order valence-electron chi connectivity index (χ0n) is 11.7. The summed E-state index contributed by atoms with van der Waals surface area (Å²) in [6.07, 6.45) is -4.59. The molecule has 0 heterocycles. The van der Waals surface area contributed by atoms with Crippen molar-refractivity contribution < 1.29 is 18.0 Å². The largest absolute Gasteiger partial charge is 0.417 e. The van der Waals surface area contributed by atoms with Gasteiger partial charge in [-0.2, -0.15) is 13.2 Å². The van der Waals surface area contributed by atoms with Gasteiger partial charge < -0.3 is 16.4 Å². The number of nitrogens with one attached hydrogen (secondary N) is 2. The Morgan fingerprint density at radius 3 is 2.57 bits per heavy atom. The van der Waals surface area contributed by atoms with Crippen molar-refractivity contribution in [1.82, 2.24) is 5.32 Å². The summed E-state index contributed by atoms with van der Waals surface area (Å²) in [4.78, 5) is 11.7. The first-order chi connectivity index (χ1) is 10.8. The van der Waals surface area contributed by atoms with Crippen LogP contribution in [0.5, 0.6) is 0 Å². The van der Waals surface area contributed by atoms with Gasteiger partial charge in [0, 0.05) is 17.9 Å². The Morgan fingerprint density at radius 1 is 1.17 bits per heavy atom. The van der Waals surface area contributed by atoms with E-state index in [1.807, 2.05) is 0 Å². The van der Waals surface area contributed by atoms with Gasteiger partial charge in [-0.05, 0) is 35.9 Å². The van der Waals surface area contributed by atoms with Gasteiger partial charge >= 0.3 is 12.2 Å². The number of amides is 2. The minimum atomic E-state index is -4.59. The number of hydrogen-bond acceptors (Lipinski definition) is 2. The standard InChI is InChI=1S/C15H13ClF3N3O/c16-13-5-4-11(7-12(13)15(17,18)19)22-14(23)21-8-9-2-1-3-10(20)6-9/h1-7H,8,20H2,(H2,21,22,23). The average Bonchev–Trinajstić information content (AvgIpc) is 2.46. The molecule has 4 N–H and O–H groups in total. The van der Waals surface area contributed by atoms with Crippen LogP contribution in [-0.2, 0) is 12.7 Å². The highest BCUT2D eigenvalue weighted by Gasteiger charge is 2.33. The van der Waals surface area contributed by atoms with Crippen molar-refractivity contribution in [2.75, 3.05) is 11.1 Å². The van der Waals surface area contributed by atoms with Gasteiger partial charge in [0.15, 0.2) is 0 Å². The normalized spacial score (nSPS) is 11.1. The Bertz CT molecular complexity index is 719. The zero-order chi connectivity index (χ0) is 17.0. The van der Waals surface area contributed by atoms with Crippen LogP contribution in [0.15, 0.2) is 42.5 Å². The minimum absolute atomic E-state index is 0.00759. The Hall–Kier alpha value is -2.41. The van der Waals surface area contributed by atoms with E-state index < -0.39 is 22.8 Å². The summed E-state index contributed by atoms with van der Waals surface area (Å²) in [6, 6.07) is 9.40. The van der Waals surface area contributed by atoms with E-state index in [4.69, 9.17) is 17.3 Å². The van der Waals surface area contributed by atoms with E-state index >= 15 is 0 Å². The predicted octanol–water partition coefficient (Wildman–Crippen LogP) is 4.26. The first kappa shape index (κ1) is 17.0. The van der Waals surface area contributed by atoms with Crippen LogP contribution in [-0.4, -0.2) is 6.03 Å². The Balaban J connectivity index is 2.00. The van der Waals surface area contributed by atoms with E-state index in [9.17, 15) is 18.0 Å². The van der Waals surface area contributed by atoms with Crippen LogP contribution in [0.3, 0.4) is 0 Å². The molecule has 0 saturated carbocycles. The summed E-state index contributed by atoms with van der Waals surface area (Å²) >= 11 is 5.51. The molecule has 4 nitrogen and oxygen atoms in total. The molecule has 2 rings (SSSR count). The van der Waals surface area contributed by atoms with E-state index in [-0.39, 0.29) is 12.2 Å². The van der Waals surface area contributed by atoms with Gasteiger partial charge in [-0.1, -0.05) is 23.7 Å². The Labute approximate surface area is 135 Å². The third-order valence-electron chi connectivity index (χ3n) is 2.93. The average molecular weight is 344 g/mol. The molecule has 2 aromatic carbocycles. The lowest BCUT2D eigenvalue weighted by atomic mass is 10.2. The van der Waals surface area contributed by atoms with E-state index in [2.05, 4.69) is 10.6 Å². The van der Waals surface area contributed by atoms with E-state index in [1.54, 1.807) is 24.3 Å². The summed E-state index contributed by atoms with van der Waals surface area (Å²) in [5, 5.41) is 4.43. The number of carbonyl (C=O) groups excluding carboxylic acids is 1. The lowest BCUT2D eigenvalue weighted by Gasteiger charge is -2.12. The SMILES string of the molecule is Nc1cccc(CNC(=O)Nc2ccc(Cl)c(C(F)(F)F)c2)c1. The lowest BCUT2D eigenvalue weighted by molar-refractivity contribution is -0.137. The molecule has 0 fully saturated rings. The molecular formula is C15H13ClF3N3O. The van der Waals surface area contributed by atoms with Gasteiger partial charge in [0.25, 0.3) is 0 Å². The number of rotatable bonds is 3. The monoisotopic (exact) mass is 343 g/mol. The second-order valence-electron chi connectivity index (χ2n) is 4.75. The maximum absolute atomic E-state index is 12.7. The maximum atomic E-state index is 12.7. The summed E-state index contributed by atoms with van der Waals surface area (Å²) in [5.41, 5.74) is 5.92. The lowest BCUT2D eigenvalue weighted by Crippen LogP contribution is -2.28. The first-order valence-electron chi connectivity index (χ1n) is 6.52. The molecule has 0 atom stereocenters. The van der Waals surface area contributed by atoms with Crippen molar-refractivity contribution in [3.63, 3.8) is 0 Å². The van der Waals surface area contributed by atoms with E-state index in [0.717, 1.165) is 17.7 Å². The van der Waals surface area contributed by atoms with E-state index in [1.165, 1.54) is 6.07 Å². The zero-order valence-corrected chi connectivity index (χ0v) is 12.5. The Kier molecular flexibility index (Phi) is 5.00. The van der Waals surface area contributed by atoms with Gasteiger partial charge in [-0.25, -0.2) is 4.79 Å². The van der Waals surface area contributed by atoms with Crippen LogP contribution in [0.4, 0.5) is 29.3 Å². The fourth-order valence-corrected chi connectivity index (χ4v) is 2.11. The van der Waals surface area contributed by atoms with E-state index in [0.29, 0.717) is 5.69 Å². The number of nitrogens with two attached hydrogens (primary N) is 1. The van der Waals surface area contributed by atoms with Crippen LogP contribution >= 0.6 is 11.6 Å². The molecule has 23 heavy (non-hydrogen) atoms. The summed E-state index contributed by atoms with van der Waals surface area (Å²) < 4.78 is 38.2. The summed E-state index contributed by atoms with van der Waals surface area (Å²) in [6.45, 7) is 0.191. The van der Waals surface area contributed by atoms with Gasteiger partial charge in [0.05, 0.1) is 10.6 Å². The smallest absolute Gasteiger partial charge is 0.399 e. The van der Waals surface area contributed by atoms with Crippen LogP contribution in [0.25, 0.3) is 0 Å². The van der Waals surface area contributed by atoms with Crippen molar-refractivity contribution in [2.24, 2.45) is 0 Å². The Morgan fingerprint density at radius 2 is 1.91 bits per heavy atom. The van der Waals surface area contributed by atoms with Gasteiger partial charge in [0.2, 0.25) is 0 Å². The highest BCUT2D eigenvalue weighted by Crippen LogP contribution is 2.36. The molecule has 0 aliphatic rings. The van der Waals surface area contributed by atoms with Crippen LogP contribution < -0.4 is 16.4 Å². The molecule has 0 radical (unpaired) electrons. The fourth-order valence-electron chi connectivity index (χ4n) is 1.88. The number of benzene rings is 2. The quantitative estimate of drug-likeness (QED) is 0.729. The molecule has 0 aliphatic heterocycles. The number of halogens is 4. The summed E-state index contributed by atoms with van der Waals surface area (Å²) in [7, 11) is 0. The van der Waals surface area contributed by atoms with Gasteiger partial charge in [-0.3, -0.25) is 0 Å². The molecule has 0 spiro atoms. The summed E-state index contributed by atoms with van der Waals surface area (Å²) in [5.74, 6) is 0. The van der Waals surface area contributed by atoms with Gasteiger partial charge in [-0.15, -0.1) is 0 Å². The first-order valence-corrected chi connectivity index (χ1v) is 6.89. The van der Waals surface area contributed by atoms with Crippen molar-refractivity contribution in [1.29, 1.82) is 0 Å². The van der Waals surface area contributed by atoms with Crippen LogP contribution in [0.1, 0.15) is 11.1 Å². The van der Waals surface area contributed by atoms with Crippen molar-refractivity contribution in [3.05, 3.63) is 58.6 Å². The van der Waals surface area contributed by atoms with Crippen molar-refractivity contribution >= 4 is 29.0 Å². The maximum Gasteiger partial charge on any atom is 0.417 e. The van der Waals surface area contributed by atoms with Crippen LogP contribution in [0.2, 0.25) is 5.02 Å². The molecular weight excluding hydrogens is 331 g/mol. The predicted molar refractivity (Wildman–Crippen MR) is 83.2 cm³/mol. The molecule has 0 bridgehead atoms. The van der Waals surface area contributed by atoms with Crippen LogP contribution in [0, 0.1) is 0 Å². The molecule has 8 heteroatoms. The fraction of sp³-hybridized carbons (Fsp3) is 0.133. The third-order valence-corrected chi connectivity index (χ3v) is 3.26. The third kappa shape index (κ3) is 4.79.